The van der Waals surface area contributed by atoms with Gasteiger partial charge in [-0.25, -0.2) is 13.1 Å². The minimum absolute atomic E-state index is 0.0242. The molecule has 3 N–H and O–H groups in total. The van der Waals surface area contributed by atoms with Crippen LogP contribution >= 0.6 is 23.2 Å². The molecule has 0 spiro atoms. The third-order valence-electron chi connectivity index (χ3n) is 2.84. The Hall–Kier alpha value is -0.490. The summed E-state index contributed by atoms with van der Waals surface area (Å²) in [6, 6.07) is 2.58. The van der Waals surface area contributed by atoms with E-state index in [0.29, 0.717) is 12.1 Å². The number of nitrogens with one attached hydrogen (secondary N) is 1. The lowest BCUT2D eigenvalue weighted by Gasteiger charge is -2.21. The molecule has 0 bridgehead atoms. The van der Waals surface area contributed by atoms with E-state index in [4.69, 9.17) is 28.9 Å². The van der Waals surface area contributed by atoms with E-state index in [9.17, 15) is 8.42 Å². The second kappa shape index (κ2) is 6.31. The van der Waals surface area contributed by atoms with Crippen molar-refractivity contribution in [1.29, 1.82) is 0 Å². The monoisotopic (exact) mass is 324 g/mol. The van der Waals surface area contributed by atoms with Gasteiger partial charge in [0.25, 0.3) is 0 Å². The zero-order valence-corrected chi connectivity index (χ0v) is 13.4. The maximum atomic E-state index is 12.3. The number of anilines is 1. The Kier molecular flexibility index (Phi) is 5.50. The van der Waals surface area contributed by atoms with E-state index in [1.165, 1.54) is 12.1 Å². The summed E-state index contributed by atoms with van der Waals surface area (Å²) in [7, 11) is -3.76. The van der Waals surface area contributed by atoms with E-state index < -0.39 is 10.0 Å². The molecule has 19 heavy (non-hydrogen) atoms. The molecule has 0 saturated carbocycles. The molecule has 0 saturated heterocycles. The maximum absolute atomic E-state index is 12.3. The second-order valence-electron chi connectivity index (χ2n) is 4.69. The molecular weight excluding hydrogens is 307 g/mol. The Bertz CT molecular complexity index is 536. The van der Waals surface area contributed by atoms with Gasteiger partial charge in [-0.05, 0) is 24.5 Å². The summed E-state index contributed by atoms with van der Waals surface area (Å²) in [6.45, 7) is 5.81. The van der Waals surface area contributed by atoms with Crippen molar-refractivity contribution >= 4 is 38.9 Å². The molecule has 1 aromatic carbocycles. The number of hydrogen-bond donors (Lipinski definition) is 2. The largest absolute Gasteiger partial charge is 0.399 e. The SMILES string of the molecule is CCC(NS(=O)(=O)c1c(Cl)cc(N)cc1Cl)C(C)C. The topological polar surface area (TPSA) is 72.2 Å². The van der Waals surface area contributed by atoms with E-state index >= 15 is 0 Å². The fraction of sp³-hybridized carbons (Fsp3) is 0.500. The molecular formula is C12H18Cl2N2O2S. The predicted octanol–water partition coefficient (Wildman–Crippen LogP) is 3.29. The summed E-state index contributed by atoms with van der Waals surface area (Å²) in [5, 5.41) is 0.0484. The van der Waals surface area contributed by atoms with Crippen LogP contribution in [0.5, 0.6) is 0 Å². The van der Waals surface area contributed by atoms with Gasteiger partial charge in [0, 0.05) is 11.7 Å². The fourth-order valence-corrected chi connectivity index (χ4v) is 4.49. The van der Waals surface area contributed by atoms with Crippen LogP contribution in [-0.4, -0.2) is 14.5 Å². The van der Waals surface area contributed by atoms with Crippen LogP contribution in [0.3, 0.4) is 0 Å². The number of nitrogen functional groups attached to an aromatic ring is 1. The second-order valence-corrected chi connectivity index (χ2v) is 7.16. The number of sulfonamides is 1. The van der Waals surface area contributed by atoms with Crippen molar-refractivity contribution in [1.82, 2.24) is 4.72 Å². The van der Waals surface area contributed by atoms with Crippen LogP contribution in [0.25, 0.3) is 0 Å². The molecule has 7 heteroatoms. The Labute approximate surface area is 124 Å². The first kappa shape index (κ1) is 16.6. The number of halogens is 2. The average Bonchev–Trinajstić information content (AvgIpc) is 2.23. The van der Waals surface area contributed by atoms with Crippen molar-refractivity contribution in [2.45, 2.75) is 38.1 Å². The fourth-order valence-electron chi connectivity index (χ4n) is 1.79. The van der Waals surface area contributed by atoms with Crippen LogP contribution in [0.4, 0.5) is 5.69 Å². The summed E-state index contributed by atoms with van der Waals surface area (Å²) in [4.78, 5) is -0.121. The molecule has 0 aliphatic carbocycles. The molecule has 0 aliphatic heterocycles. The number of hydrogen-bond acceptors (Lipinski definition) is 3. The summed E-state index contributed by atoms with van der Waals surface area (Å²) >= 11 is 11.9. The molecule has 1 unspecified atom stereocenters. The molecule has 0 heterocycles. The van der Waals surface area contributed by atoms with Gasteiger partial charge in [-0.3, -0.25) is 0 Å². The van der Waals surface area contributed by atoms with E-state index in [0.717, 1.165) is 0 Å². The minimum Gasteiger partial charge on any atom is -0.399 e. The van der Waals surface area contributed by atoms with Gasteiger partial charge < -0.3 is 5.73 Å². The highest BCUT2D eigenvalue weighted by Gasteiger charge is 2.26. The third-order valence-corrected chi connectivity index (χ3v) is 5.25. The molecule has 0 aromatic heterocycles. The van der Waals surface area contributed by atoms with Crippen LogP contribution in [0.15, 0.2) is 17.0 Å². The van der Waals surface area contributed by atoms with Gasteiger partial charge in [-0.15, -0.1) is 0 Å². The number of nitrogens with two attached hydrogens (primary N) is 1. The lowest BCUT2D eigenvalue weighted by atomic mass is 10.0. The van der Waals surface area contributed by atoms with Gasteiger partial charge >= 0.3 is 0 Å². The van der Waals surface area contributed by atoms with Crippen LogP contribution in [0.2, 0.25) is 10.0 Å². The highest BCUT2D eigenvalue weighted by Crippen LogP contribution is 2.32. The molecule has 4 nitrogen and oxygen atoms in total. The van der Waals surface area contributed by atoms with Crippen molar-refractivity contribution in [3.63, 3.8) is 0 Å². The summed E-state index contributed by atoms with van der Waals surface area (Å²) in [5.41, 5.74) is 5.89. The standard InChI is InChI=1S/C12H18Cl2N2O2S/c1-4-11(7(2)3)16-19(17,18)12-9(13)5-8(15)6-10(12)14/h5-7,11,16H,4,15H2,1-3H3. The van der Waals surface area contributed by atoms with Crippen LogP contribution < -0.4 is 10.5 Å². The third kappa shape index (κ3) is 3.99. The highest BCUT2D eigenvalue weighted by atomic mass is 35.5. The molecule has 1 aromatic rings. The number of rotatable bonds is 5. The van der Waals surface area contributed by atoms with Crippen LogP contribution in [-0.2, 0) is 10.0 Å². The van der Waals surface area contributed by atoms with Gasteiger partial charge in [0.05, 0.1) is 10.0 Å². The molecule has 1 atom stereocenters. The molecule has 0 aliphatic rings. The maximum Gasteiger partial charge on any atom is 0.243 e. The average molecular weight is 325 g/mol. The minimum atomic E-state index is -3.76. The first-order valence-corrected chi connectivity index (χ1v) is 8.19. The van der Waals surface area contributed by atoms with E-state index in [-0.39, 0.29) is 26.9 Å². The Morgan fingerprint density at radius 1 is 1.26 bits per heavy atom. The van der Waals surface area contributed by atoms with E-state index in [1.807, 2.05) is 20.8 Å². The van der Waals surface area contributed by atoms with Gasteiger partial charge in [0.1, 0.15) is 4.90 Å². The molecule has 0 fully saturated rings. The molecule has 0 radical (unpaired) electrons. The lowest BCUT2D eigenvalue weighted by Crippen LogP contribution is -2.38. The Balaban J connectivity index is 3.21. The Morgan fingerprint density at radius 2 is 1.74 bits per heavy atom. The quantitative estimate of drug-likeness (QED) is 0.816. The molecule has 108 valence electrons. The first-order valence-electron chi connectivity index (χ1n) is 5.95. The van der Waals surface area contributed by atoms with Gasteiger partial charge in [-0.2, -0.15) is 0 Å². The first-order chi connectivity index (χ1) is 8.69. The number of benzene rings is 1. The lowest BCUT2D eigenvalue weighted by molar-refractivity contribution is 0.437. The summed E-state index contributed by atoms with van der Waals surface area (Å²) in [5.74, 6) is 0.172. The zero-order chi connectivity index (χ0) is 14.8. The molecule has 1 rings (SSSR count). The van der Waals surface area contributed by atoms with Crippen molar-refractivity contribution in [3.05, 3.63) is 22.2 Å². The summed E-state index contributed by atoms with van der Waals surface area (Å²) < 4.78 is 27.3. The zero-order valence-electron chi connectivity index (χ0n) is 11.1. The highest BCUT2D eigenvalue weighted by molar-refractivity contribution is 7.89. The normalized spacial score (nSPS) is 13.8. The van der Waals surface area contributed by atoms with Crippen molar-refractivity contribution in [2.75, 3.05) is 5.73 Å². The van der Waals surface area contributed by atoms with Crippen LogP contribution in [0, 0.1) is 5.92 Å². The van der Waals surface area contributed by atoms with Crippen LogP contribution in [0.1, 0.15) is 27.2 Å². The van der Waals surface area contributed by atoms with Gasteiger partial charge in [-0.1, -0.05) is 44.0 Å². The van der Waals surface area contributed by atoms with Crippen molar-refractivity contribution in [2.24, 2.45) is 5.92 Å². The van der Waals surface area contributed by atoms with E-state index in [2.05, 4.69) is 4.72 Å². The van der Waals surface area contributed by atoms with Gasteiger partial charge in [0.2, 0.25) is 10.0 Å². The predicted molar refractivity (Wildman–Crippen MR) is 80.1 cm³/mol. The van der Waals surface area contributed by atoms with Gasteiger partial charge in [0.15, 0.2) is 0 Å². The molecule has 0 amide bonds. The van der Waals surface area contributed by atoms with Crippen molar-refractivity contribution in [3.8, 4) is 0 Å². The smallest absolute Gasteiger partial charge is 0.243 e. The Morgan fingerprint density at radius 3 is 2.11 bits per heavy atom. The summed E-state index contributed by atoms with van der Waals surface area (Å²) in [6.07, 6.45) is 0.682. The van der Waals surface area contributed by atoms with E-state index in [1.54, 1.807) is 0 Å². The van der Waals surface area contributed by atoms with Crippen molar-refractivity contribution < 1.29 is 8.42 Å².